The molecule has 1 aliphatic rings. The lowest BCUT2D eigenvalue weighted by atomic mass is 10.1. The van der Waals surface area contributed by atoms with Gasteiger partial charge in [0.05, 0.1) is 13.2 Å². The largest absolute Gasteiger partial charge is 0.492 e. The molecule has 22 heavy (non-hydrogen) atoms. The van der Waals surface area contributed by atoms with Gasteiger partial charge in [0.1, 0.15) is 24.0 Å². The van der Waals surface area contributed by atoms with Crippen LogP contribution in [-0.4, -0.2) is 55.4 Å². The van der Waals surface area contributed by atoms with Crippen LogP contribution in [0.3, 0.4) is 0 Å². The molecule has 0 bridgehead atoms. The van der Waals surface area contributed by atoms with Crippen molar-refractivity contribution in [3.8, 4) is 11.8 Å². The third-order valence-electron chi connectivity index (χ3n) is 3.30. The molecule has 6 heteroatoms. The first-order valence-corrected chi connectivity index (χ1v) is 7.07. The second kappa shape index (κ2) is 8.17. The molecule has 1 aromatic carbocycles. The highest BCUT2D eigenvalue weighted by atomic mass is 16.5. The number of aliphatic carboxylic acids is 1. The molecule has 2 rings (SSSR count). The third-order valence-corrected chi connectivity index (χ3v) is 3.30. The molecule has 116 valence electrons. The van der Waals surface area contributed by atoms with Crippen molar-refractivity contribution in [1.82, 2.24) is 4.90 Å². The van der Waals surface area contributed by atoms with Gasteiger partial charge in [-0.25, -0.2) is 4.79 Å². The number of carboxylic acid groups (broad SMARTS) is 1. The molecule has 1 aromatic rings. The Morgan fingerprint density at radius 3 is 2.91 bits per heavy atom. The molecule has 1 saturated heterocycles. The fraction of sp³-hybridized carbons (Fsp3) is 0.375. The zero-order valence-electron chi connectivity index (χ0n) is 12.2. The normalized spacial score (nSPS) is 16.0. The van der Waals surface area contributed by atoms with Crippen molar-refractivity contribution in [3.63, 3.8) is 0 Å². The molecule has 1 N–H and O–H groups in total. The lowest BCUT2D eigenvalue weighted by Crippen LogP contribution is -2.38. The van der Waals surface area contributed by atoms with E-state index in [0.717, 1.165) is 32.8 Å². The Bertz CT molecular complexity index is 586. The highest BCUT2D eigenvalue weighted by molar-refractivity contribution is 5.96. The first-order chi connectivity index (χ1) is 10.7. The number of nitrogens with zero attached hydrogens (tertiary/aromatic N) is 2. The Kier molecular flexibility index (Phi) is 5.95. The summed E-state index contributed by atoms with van der Waals surface area (Å²) in [5.41, 5.74) is 0.327. The van der Waals surface area contributed by atoms with E-state index in [0.29, 0.717) is 17.9 Å². The van der Waals surface area contributed by atoms with Crippen molar-refractivity contribution in [1.29, 1.82) is 5.26 Å². The zero-order chi connectivity index (χ0) is 15.8. The molecule has 1 aliphatic heterocycles. The summed E-state index contributed by atoms with van der Waals surface area (Å²) < 4.78 is 11.0. The van der Waals surface area contributed by atoms with Gasteiger partial charge in [-0.05, 0) is 23.8 Å². The van der Waals surface area contributed by atoms with Crippen LogP contribution in [0.2, 0.25) is 0 Å². The van der Waals surface area contributed by atoms with Crippen LogP contribution in [-0.2, 0) is 9.53 Å². The summed E-state index contributed by atoms with van der Waals surface area (Å²) in [6, 6.07) is 8.69. The predicted octanol–water partition coefficient (Wildman–Crippen LogP) is 1.39. The standard InChI is InChI=1S/C16H18N2O4/c17-12-14(16(19)20)10-13-2-1-3-15(11-13)22-9-6-18-4-7-21-8-5-18/h1-3,10-11H,4-9H2,(H,19,20). The van der Waals surface area contributed by atoms with E-state index in [1.807, 2.05) is 6.07 Å². The molecule has 1 fully saturated rings. The number of nitriles is 1. The van der Waals surface area contributed by atoms with Crippen molar-refractivity contribution in [3.05, 3.63) is 35.4 Å². The maximum Gasteiger partial charge on any atom is 0.346 e. The number of ether oxygens (including phenoxy) is 2. The van der Waals surface area contributed by atoms with E-state index in [9.17, 15) is 4.79 Å². The van der Waals surface area contributed by atoms with Gasteiger partial charge in [-0.15, -0.1) is 0 Å². The smallest absolute Gasteiger partial charge is 0.346 e. The van der Waals surface area contributed by atoms with Gasteiger partial charge in [-0.3, -0.25) is 4.90 Å². The van der Waals surface area contributed by atoms with Crippen molar-refractivity contribution in [2.24, 2.45) is 0 Å². The van der Waals surface area contributed by atoms with Gasteiger partial charge < -0.3 is 14.6 Å². The van der Waals surface area contributed by atoms with Crippen LogP contribution in [0, 0.1) is 11.3 Å². The van der Waals surface area contributed by atoms with Crippen molar-refractivity contribution in [2.75, 3.05) is 39.5 Å². The maximum absolute atomic E-state index is 10.8. The molecule has 1 heterocycles. The van der Waals surface area contributed by atoms with E-state index in [4.69, 9.17) is 19.8 Å². The lowest BCUT2D eigenvalue weighted by Gasteiger charge is -2.26. The number of hydrogen-bond acceptors (Lipinski definition) is 5. The highest BCUT2D eigenvalue weighted by Gasteiger charge is 2.10. The first-order valence-electron chi connectivity index (χ1n) is 7.07. The molecule has 0 unspecified atom stereocenters. The molecule has 0 aliphatic carbocycles. The fourth-order valence-electron chi connectivity index (χ4n) is 2.12. The molecular weight excluding hydrogens is 284 g/mol. The minimum atomic E-state index is -1.24. The predicted molar refractivity (Wildman–Crippen MR) is 80.4 cm³/mol. The van der Waals surface area contributed by atoms with Gasteiger partial charge in [0.15, 0.2) is 0 Å². The fourth-order valence-corrected chi connectivity index (χ4v) is 2.12. The number of benzene rings is 1. The van der Waals surface area contributed by atoms with Crippen molar-refractivity contribution < 1.29 is 19.4 Å². The summed E-state index contributed by atoms with van der Waals surface area (Å²) in [7, 11) is 0. The molecule has 6 nitrogen and oxygen atoms in total. The van der Waals surface area contributed by atoms with Gasteiger partial charge in [0.2, 0.25) is 0 Å². The van der Waals surface area contributed by atoms with Gasteiger partial charge >= 0.3 is 5.97 Å². The minimum absolute atomic E-state index is 0.300. The first kappa shape index (κ1) is 16.0. The second-order valence-corrected chi connectivity index (χ2v) is 4.85. The monoisotopic (exact) mass is 302 g/mol. The van der Waals surface area contributed by atoms with E-state index < -0.39 is 5.97 Å². The van der Waals surface area contributed by atoms with Crippen LogP contribution in [0.1, 0.15) is 5.56 Å². The summed E-state index contributed by atoms with van der Waals surface area (Å²) in [6.07, 6.45) is 1.33. The van der Waals surface area contributed by atoms with Crippen LogP contribution >= 0.6 is 0 Å². The summed E-state index contributed by atoms with van der Waals surface area (Å²) in [5.74, 6) is -0.578. The quantitative estimate of drug-likeness (QED) is 0.631. The minimum Gasteiger partial charge on any atom is -0.492 e. The van der Waals surface area contributed by atoms with Crippen molar-refractivity contribution in [2.45, 2.75) is 0 Å². The maximum atomic E-state index is 10.8. The summed E-state index contributed by atoms with van der Waals surface area (Å²) in [5, 5.41) is 17.6. The van der Waals surface area contributed by atoms with E-state index in [1.165, 1.54) is 6.08 Å². The lowest BCUT2D eigenvalue weighted by molar-refractivity contribution is -0.132. The molecule has 0 atom stereocenters. The molecule has 0 radical (unpaired) electrons. The van der Waals surface area contributed by atoms with E-state index in [1.54, 1.807) is 24.3 Å². The van der Waals surface area contributed by atoms with Crippen LogP contribution in [0.25, 0.3) is 6.08 Å². The average molecular weight is 302 g/mol. The van der Waals surface area contributed by atoms with Crippen molar-refractivity contribution >= 4 is 12.0 Å². The number of carboxylic acids is 1. The van der Waals surface area contributed by atoms with E-state index in [-0.39, 0.29) is 5.57 Å². The molecule has 0 saturated carbocycles. The van der Waals surface area contributed by atoms with Gasteiger partial charge in [0, 0.05) is 19.6 Å². The molecule has 0 amide bonds. The topological polar surface area (TPSA) is 82.8 Å². The van der Waals surface area contributed by atoms with E-state index >= 15 is 0 Å². The molecule has 0 aromatic heterocycles. The molecular formula is C16H18N2O4. The zero-order valence-corrected chi connectivity index (χ0v) is 12.2. The Balaban J connectivity index is 1.91. The van der Waals surface area contributed by atoms with Gasteiger partial charge in [-0.2, -0.15) is 5.26 Å². The Morgan fingerprint density at radius 2 is 2.23 bits per heavy atom. The Labute approximate surface area is 129 Å². The molecule has 0 spiro atoms. The summed E-state index contributed by atoms with van der Waals surface area (Å²) in [4.78, 5) is 13.1. The van der Waals surface area contributed by atoms with Gasteiger partial charge in [0.25, 0.3) is 0 Å². The number of hydrogen-bond donors (Lipinski definition) is 1. The van der Waals surface area contributed by atoms with Crippen LogP contribution < -0.4 is 4.74 Å². The SMILES string of the molecule is N#CC(=Cc1cccc(OCCN2CCOCC2)c1)C(=O)O. The highest BCUT2D eigenvalue weighted by Crippen LogP contribution is 2.16. The number of morpholine rings is 1. The van der Waals surface area contributed by atoms with Crippen LogP contribution in [0.15, 0.2) is 29.8 Å². The van der Waals surface area contributed by atoms with E-state index in [2.05, 4.69) is 4.90 Å². The van der Waals surface area contributed by atoms with Crippen LogP contribution in [0.5, 0.6) is 5.75 Å². The average Bonchev–Trinajstić information content (AvgIpc) is 2.54. The van der Waals surface area contributed by atoms with Crippen LogP contribution in [0.4, 0.5) is 0 Å². The summed E-state index contributed by atoms with van der Waals surface area (Å²) >= 11 is 0. The summed E-state index contributed by atoms with van der Waals surface area (Å²) in [6.45, 7) is 4.71. The number of carbonyl (C=O) groups is 1. The Hall–Kier alpha value is -2.36. The number of rotatable bonds is 6. The van der Waals surface area contributed by atoms with Gasteiger partial charge in [-0.1, -0.05) is 12.1 Å². The third kappa shape index (κ3) is 4.88. The second-order valence-electron chi connectivity index (χ2n) is 4.85. The Morgan fingerprint density at radius 1 is 1.45 bits per heavy atom.